The Morgan fingerprint density at radius 1 is 1.26 bits per heavy atom. The van der Waals surface area contributed by atoms with Gasteiger partial charge in [-0.25, -0.2) is 0 Å². The van der Waals surface area contributed by atoms with Crippen molar-refractivity contribution < 1.29 is 22.7 Å². The number of ether oxygens (including phenoxy) is 1. The second kappa shape index (κ2) is 6.06. The number of halogens is 3. The summed E-state index contributed by atoms with van der Waals surface area (Å²) >= 11 is 0. The standard InChI is InChI=1S/C13H16F3NO2/c1-8(2)19-10-5-3-9(4-6-10)11(18)7-12(17)13(14,15)16/h3-6,8,12H,7,17H2,1-2H3. The smallest absolute Gasteiger partial charge is 0.404 e. The van der Waals surface area contributed by atoms with Gasteiger partial charge in [-0.1, -0.05) is 0 Å². The highest BCUT2D eigenvalue weighted by atomic mass is 19.4. The van der Waals surface area contributed by atoms with Crippen LogP contribution in [-0.4, -0.2) is 24.1 Å². The largest absolute Gasteiger partial charge is 0.491 e. The summed E-state index contributed by atoms with van der Waals surface area (Å²) in [6, 6.07) is 3.83. The summed E-state index contributed by atoms with van der Waals surface area (Å²) in [7, 11) is 0. The van der Waals surface area contributed by atoms with Gasteiger partial charge in [-0.3, -0.25) is 4.79 Å². The Kier molecular flexibility index (Phi) is 4.94. The van der Waals surface area contributed by atoms with Crippen LogP contribution in [0.2, 0.25) is 0 Å². The number of hydrogen-bond donors (Lipinski definition) is 1. The second-order valence-corrected chi connectivity index (χ2v) is 4.47. The molecule has 2 N–H and O–H groups in total. The molecule has 106 valence electrons. The SMILES string of the molecule is CC(C)Oc1ccc(C(=O)CC(N)C(F)(F)F)cc1. The van der Waals surface area contributed by atoms with Gasteiger partial charge >= 0.3 is 6.18 Å². The third-order valence-corrected chi connectivity index (χ3v) is 2.37. The summed E-state index contributed by atoms with van der Waals surface area (Å²) in [5, 5.41) is 0. The Bertz CT molecular complexity index is 427. The van der Waals surface area contributed by atoms with Crippen LogP contribution < -0.4 is 10.5 Å². The molecule has 0 heterocycles. The van der Waals surface area contributed by atoms with Crippen LogP contribution in [0.25, 0.3) is 0 Å². The third kappa shape index (κ3) is 4.90. The molecule has 1 aromatic carbocycles. The quantitative estimate of drug-likeness (QED) is 0.840. The number of Topliss-reactive ketones (excluding diaryl/α,β-unsaturated/α-hetero) is 1. The minimum atomic E-state index is -4.56. The first kappa shape index (κ1) is 15.5. The maximum absolute atomic E-state index is 12.2. The van der Waals surface area contributed by atoms with E-state index in [1.165, 1.54) is 12.1 Å². The van der Waals surface area contributed by atoms with Gasteiger partial charge in [-0.05, 0) is 38.1 Å². The number of rotatable bonds is 5. The van der Waals surface area contributed by atoms with E-state index in [0.717, 1.165) is 0 Å². The predicted octanol–water partition coefficient (Wildman–Crippen LogP) is 2.94. The van der Waals surface area contributed by atoms with Crippen LogP contribution in [0.3, 0.4) is 0 Å². The van der Waals surface area contributed by atoms with E-state index >= 15 is 0 Å². The van der Waals surface area contributed by atoms with Crippen LogP contribution in [0.4, 0.5) is 13.2 Å². The van der Waals surface area contributed by atoms with Crippen molar-refractivity contribution in [3.63, 3.8) is 0 Å². The van der Waals surface area contributed by atoms with Crippen molar-refractivity contribution >= 4 is 5.78 Å². The Morgan fingerprint density at radius 2 is 1.79 bits per heavy atom. The van der Waals surface area contributed by atoms with Gasteiger partial charge in [0, 0.05) is 12.0 Å². The molecule has 0 amide bonds. The molecule has 0 saturated heterocycles. The van der Waals surface area contributed by atoms with Gasteiger partial charge in [0.05, 0.1) is 6.10 Å². The predicted molar refractivity (Wildman–Crippen MR) is 65.2 cm³/mol. The van der Waals surface area contributed by atoms with E-state index in [0.29, 0.717) is 5.75 Å². The molecule has 1 atom stereocenters. The van der Waals surface area contributed by atoms with Crippen molar-refractivity contribution in [2.45, 2.75) is 38.6 Å². The zero-order chi connectivity index (χ0) is 14.6. The lowest BCUT2D eigenvalue weighted by atomic mass is 10.0. The molecule has 0 saturated carbocycles. The molecule has 0 aliphatic carbocycles. The van der Waals surface area contributed by atoms with E-state index < -0.39 is 24.4 Å². The molecule has 0 radical (unpaired) electrons. The lowest BCUT2D eigenvalue weighted by molar-refractivity contribution is -0.146. The molecule has 1 rings (SSSR count). The maximum Gasteiger partial charge on any atom is 0.404 e. The van der Waals surface area contributed by atoms with Gasteiger partial charge in [0.15, 0.2) is 5.78 Å². The minimum Gasteiger partial charge on any atom is -0.491 e. The van der Waals surface area contributed by atoms with Crippen molar-refractivity contribution in [1.82, 2.24) is 0 Å². The van der Waals surface area contributed by atoms with Gasteiger partial charge in [-0.15, -0.1) is 0 Å². The molecular weight excluding hydrogens is 259 g/mol. The molecule has 19 heavy (non-hydrogen) atoms. The van der Waals surface area contributed by atoms with Crippen LogP contribution in [0.15, 0.2) is 24.3 Å². The molecule has 1 aromatic rings. The summed E-state index contributed by atoms with van der Waals surface area (Å²) in [5.41, 5.74) is 5.10. The summed E-state index contributed by atoms with van der Waals surface area (Å²) in [6.45, 7) is 3.70. The topological polar surface area (TPSA) is 52.3 Å². The van der Waals surface area contributed by atoms with Gasteiger partial charge in [0.2, 0.25) is 0 Å². The Balaban J connectivity index is 2.68. The van der Waals surface area contributed by atoms with E-state index in [9.17, 15) is 18.0 Å². The van der Waals surface area contributed by atoms with Crippen molar-refractivity contribution in [2.75, 3.05) is 0 Å². The van der Waals surface area contributed by atoms with Crippen molar-refractivity contribution in [3.05, 3.63) is 29.8 Å². The highest BCUT2D eigenvalue weighted by Crippen LogP contribution is 2.22. The number of nitrogens with two attached hydrogens (primary N) is 1. The Labute approximate surface area is 109 Å². The van der Waals surface area contributed by atoms with Gasteiger partial charge in [0.1, 0.15) is 11.8 Å². The lowest BCUT2D eigenvalue weighted by Gasteiger charge is -2.14. The summed E-state index contributed by atoms with van der Waals surface area (Å²) in [5.74, 6) is -0.0763. The van der Waals surface area contributed by atoms with Crippen LogP contribution in [-0.2, 0) is 0 Å². The van der Waals surface area contributed by atoms with E-state index in [1.54, 1.807) is 12.1 Å². The number of hydrogen-bond acceptors (Lipinski definition) is 3. The fourth-order valence-corrected chi connectivity index (χ4v) is 1.42. The first-order chi connectivity index (χ1) is 8.70. The average molecular weight is 275 g/mol. The summed E-state index contributed by atoms with van der Waals surface area (Å²) in [4.78, 5) is 11.6. The van der Waals surface area contributed by atoms with Crippen LogP contribution >= 0.6 is 0 Å². The molecule has 3 nitrogen and oxygen atoms in total. The zero-order valence-corrected chi connectivity index (χ0v) is 10.7. The highest BCUT2D eigenvalue weighted by molar-refractivity contribution is 5.96. The highest BCUT2D eigenvalue weighted by Gasteiger charge is 2.37. The fourth-order valence-electron chi connectivity index (χ4n) is 1.42. The maximum atomic E-state index is 12.2. The molecule has 1 unspecified atom stereocenters. The lowest BCUT2D eigenvalue weighted by Crippen LogP contribution is -2.39. The Morgan fingerprint density at radius 3 is 2.21 bits per heavy atom. The first-order valence-electron chi connectivity index (χ1n) is 5.82. The van der Waals surface area contributed by atoms with Crippen LogP contribution in [0, 0.1) is 0 Å². The number of ketones is 1. The molecule has 0 aliphatic rings. The van der Waals surface area contributed by atoms with Crippen molar-refractivity contribution in [2.24, 2.45) is 5.73 Å². The minimum absolute atomic E-state index is 0.0137. The molecule has 0 aromatic heterocycles. The number of benzene rings is 1. The Hall–Kier alpha value is -1.56. The first-order valence-corrected chi connectivity index (χ1v) is 5.82. The van der Waals surface area contributed by atoms with Crippen LogP contribution in [0.5, 0.6) is 5.75 Å². The zero-order valence-electron chi connectivity index (χ0n) is 10.7. The van der Waals surface area contributed by atoms with Crippen molar-refractivity contribution in [3.8, 4) is 5.75 Å². The van der Waals surface area contributed by atoms with E-state index in [4.69, 9.17) is 10.5 Å². The average Bonchev–Trinajstić information content (AvgIpc) is 2.27. The number of carbonyl (C=O) groups is 1. The molecule has 0 spiro atoms. The van der Waals surface area contributed by atoms with Gasteiger partial charge in [-0.2, -0.15) is 13.2 Å². The number of carbonyl (C=O) groups excluding carboxylic acids is 1. The summed E-state index contributed by atoms with van der Waals surface area (Å²) in [6.07, 6.45) is -5.33. The molecule has 6 heteroatoms. The molecule has 0 fully saturated rings. The van der Waals surface area contributed by atoms with E-state index in [-0.39, 0.29) is 11.7 Å². The van der Waals surface area contributed by atoms with Crippen LogP contribution in [0.1, 0.15) is 30.6 Å². The molecule has 0 bridgehead atoms. The summed E-state index contributed by atoms with van der Waals surface area (Å²) < 4.78 is 42.1. The van der Waals surface area contributed by atoms with E-state index in [2.05, 4.69) is 0 Å². The second-order valence-electron chi connectivity index (χ2n) is 4.47. The third-order valence-electron chi connectivity index (χ3n) is 2.37. The monoisotopic (exact) mass is 275 g/mol. The van der Waals surface area contributed by atoms with Crippen molar-refractivity contribution in [1.29, 1.82) is 0 Å². The van der Waals surface area contributed by atoms with E-state index in [1.807, 2.05) is 13.8 Å². The molecular formula is C13H16F3NO2. The van der Waals surface area contributed by atoms with Gasteiger partial charge in [0.25, 0.3) is 0 Å². The number of alkyl halides is 3. The fraction of sp³-hybridized carbons (Fsp3) is 0.462. The molecule has 0 aliphatic heterocycles. The normalized spacial score (nSPS) is 13.4. The van der Waals surface area contributed by atoms with Gasteiger partial charge < -0.3 is 10.5 Å².